The lowest BCUT2D eigenvalue weighted by Gasteiger charge is -2.29. The molecule has 2 aliphatic carbocycles. The van der Waals surface area contributed by atoms with Crippen LogP contribution in [0.2, 0.25) is 0 Å². The molecule has 0 aromatic heterocycles. The highest BCUT2D eigenvalue weighted by atomic mass is 16.4. The van der Waals surface area contributed by atoms with Gasteiger partial charge in [-0.15, -0.1) is 0 Å². The molecule has 90 valence electrons. The predicted octanol–water partition coefficient (Wildman–Crippen LogP) is 1.99. The quantitative estimate of drug-likeness (QED) is 0.836. The molecule has 1 unspecified atom stereocenters. The summed E-state index contributed by atoms with van der Waals surface area (Å²) in [4.78, 5) is 10.9. The molecule has 3 heteroatoms. The van der Waals surface area contributed by atoms with Gasteiger partial charge in [0.05, 0.1) is 5.56 Å². The topological polar surface area (TPSA) is 49.3 Å². The molecule has 1 aromatic carbocycles. The zero-order chi connectivity index (χ0) is 11.8. The molecule has 0 spiro atoms. The lowest BCUT2D eigenvalue weighted by Crippen LogP contribution is -2.42. The number of aromatic carboxylic acids is 1. The van der Waals surface area contributed by atoms with Gasteiger partial charge in [-0.05, 0) is 48.9 Å². The summed E-state index contributed by atoms with van der Waals surface area (Å²) in [5, 5.41) is 12.6. The second-order valence-electron chi connectivity index (χ2n) is 5.19. The first-order valence-electron chi connectivity index (χ1n) is 6.33. The van der Waals surface area contributed by atoms with Gasteiger partial charge < -0.3 is 10.4 Å². The van der Waals surface area contributed by atoms with E-state index in [2.05, 4.69) is 5.32 Å². The molecule has 2 aliphatic rings. The van der Waals surface area contributed by atoms with E-state index in [4.69, 9.17) is 5.11 Å². The number of hydrogen-bond acceptors (Lipinski definition) is 2. The van der Waals surface area contributed by atoms with Crippen LogP contribution in [0.3, 0.4) is 0 Å². The number of carboxylic acids is 1. The van der Waals surface area contributed by atoms with Gasteiger partial charge >= 0.3 is 5.97 Å². The summed E-state index contributed by atoms with van der Waals surface area (Å²) in [6.07, 6.45) is 5.97. The fourth-order valence-electron chi connectivity index (χ4n) is 2.78. The number of carboxylic acid groups (broad SMARTS) is 1. The Morgan fingerprint density at radius 2 is 1.94 bits per heavy atom. The van der Waals surface area contributed by atoms with Crippen LogP contribution in [-0.4, -0.2) is 23.2 Å². The summed E-state index contributed by atoms with van der Waals surface area (Å²) in [6, 6.07) is 6.74. The van der Waals surface area contributed by atoms with Crippen molar-refractivity contribution in [2.24, 2.45) is 0 Å². The number of nitrogens with one attached hydrogen (secondary N) is 1. The maximum Gasteiger partial charge on any atom is 0.335 e. The summed E-state index contributed by atoms with van der Waals surface area (Å²) >= 11 is 0. The van der Waals surface area contributed by atoms with Crippen LogP contribution in [0.15, 0.2) is 18.2 Å². The number of hydrogen-bond donors (Lipinski definition) is 2. The molecule has 0 heterocycles. The van der Waals surface area contributed by atoms with Gasteiger partial charge in [0, 0.05) is 12.1 Å². The van der Waals surface area contributed by atoms with E-state index >= 15 is 0 Å². The van der Waals surface area contributed by atoms with Crippen molar-refractivity contribution in [3.05, 3.63) is 34.9 Å². The number of benzene rings is 1. The highest BCUT2D eigenvalue weighted by Gasteiger charge is 2.26. The smallest absolute Gasteiger partial charge is 0.335 e. The fourth-order valence-corrected chi connectivity index (χ4v) is 2.78. The van der Waals surface area contributed by atoms with Crippen molar-refractivity contribution >= 4 is 5.97 Å². The van der Waals surface area contributed by atoms with Crippen LogP contribution < -0.4 is 5.32 Å². The third-order valence-corrected chi connectivity index (χ3v) is 3.96. The van der Waals surface area contributed by atoms with Crippen molar-refractivity contribution in [2.45, 2.75) is 44.2 Å². The van der Waals surface area contributed by atoms with Crippen molar-refractivity contribution in [3.8, 4) is 0 Å². The predicted molar refractivity (Wildman–Crippen MR) is 65.4 cm³/mol. The highest BCUT2D eigenvalue weighted by molar-refractivity contribution is 5.88. The molecule has 0 aliphatic heterocycles. The first kappa shape index (κ1) is 10.8. The third-order valence-electron chi connectivity index (χ3n) is 3.96. The fraction of sp³-hybridized carbons (Fsp3) is 0.500. The van der Waals surface area contributed by atoms with Gasteiger partial charge in [0.25, 0.3) is 0 Å². The van der Waals surface area contributed by atoms with Gasteiger partial charge in [-0.1, -0.05) is 12.5 Å². The molecule has 0 amide bonds. The Bertz CT molecular complexity index is 452. The van der Waals surface area contributed by atoms with E-state index in [1.807, 2.05) is 12.1 Å². The Kier molecular flexibility index (Phi) is 2.63. The summed E-state index contributed by atoms with van der Waals surface area (Å²) < 4.78 is 0. The van der Waals surface area contributed by atoms with E-state index in [0.29, 0.717) is 17.6 Å². The van der Waals surface area contributed by atoms with Gasteiger partial charge in [0.2, 0.25) is 0 Å². The largest absolute Gasteiger partial charge is 0.478 e. The van der Waals surface area contributed by atoms with E-state index in [-0.39, 0.29) is 0 Å². The van der Waals surface area contributed by atoms with Crippen LogP contribution in [0.4, 0.5) is 0 Å². The second kappa shape index (κ2) is 4.15. The average molecular weight is 231 g/mol. The molecule has 3 nitrogen and oxygen atoms in total. The highest BCUT2D eigenvalue weighted by Crippen LogP contribution is 2.26. The van der Waals surface area contributed by atoms with E-state index < -0.39 is 5.97 Å². The molecule has 2 N–H and O–H groups in total. The van der Waals surface area contributed by atoms with Gasteiger partial charge in [-0.3, -0.25) is 0 Å². The Hall–Kier alpha value is -1.35. The van der Waals surface area contributed by atoms with Crippen LogP contribution in [0.25, 0.3) is 0 Å². The van der Waals surface area contributed by atoms with Crippen LogP contribution >= 0.6 is 0 Å². The van der Waals surface area contributed by atoms with Crippen molar-refractivity contribution in [1.82, 2.24) is 5.32 Å². The lowest BCUT2D eigenvalue weighted by atomic mass is 9.92. The van der Waals surface area contributed by atoms with Crippen molar-refractivity contribution in [3.63, 3.8) is 0 Å². The van der Waals surface area contributed by atoms with E-state index in [1.165, 1.54) is 30.4 Å². The minimum Gasteiger partial charge on any atom is -0.478 e. The third kappa shape index (κ3) is 2.07. The van der Waals surface area contributed by atoms with E-state index in [1.54, 1.807) is 6.07 Å². The normalized spacial score (nSPS) is 23.2. The molecule has 1 fully saturated rings. The molecule has 0 saturated heterocycles. The van der Waals surface area contributed by atoms with Crippen molar-refractivity contribution in [1.29, 1.82) is 0 Å². The maximum atomic E-state index is 10.9. The van der Waals surface area contributed by atoms with Crippen LogP contribution in [0.5, 0.6) is 0 Å². The molecule has 0 radical (unpaired) electrons. The Morgan fingerprint density at radius 3 is 2.59 bits per heavy atom. The molecule has 17 heavy (non-hydrogen) atoms. The molecule has 1 aromatic rings. The van der Waals surface area contributed by atoms with Gasteiger partial charge in [0.15, 0.2) is 0 Å². The molecule has 3 rings (SSSR count). The Balaban J connectivity index is 1.71. The number of rotatable bonds is 3. The monoisotopic (exact) mass is 231 g/mol. The summed E-state index contributed by atoms with van der Waals surface area (Å²) in [5.74, 6) is -0.830. The minimum absolute atomic E-state index is 0.410. The summed E-state index contributed by atoms with van der Waals surface area (Å²) in [5.41, 5.74) is 2.93. The van der Waals surface area contributed by atoms with Gasteiger partial charge in [-0.25, -0.2) is 4.79 Å². The van der Waals surface area contributed by atoms with Crippen molar-refractivity contribution < 1.29 is 9.90 Å². The molecule has 1 atom stereocenters. The first-order chi connectivity index (χ1) is 8.22. The van der Waals surface area contributed by atoms with E-state index in [9.17, 15) is 4.79 Å². The Labute approximate surface area is 101 Å². The SMILES string of the molecule is O=C(O)c1ccc2c(c1)CC(NC1CCC1)C2. The number of carbonyl (C=O) groups is 1. The average Bonchev–Trinajstić information content (AvgIpc) is 2.64. The van der Waals surface area contributed by atoms with Crippen LogP contribution in [0.1, 0.15) is 40.7 Å². The summed E-state index contributed by atoms with van der Waals surface area (Å²) in [6.45, 7) is 0. The number of fused-ring (bicyclic) bond motifs is 1. The molecular weight excluding hydrogens is 214 g/mol. The second-order valence-corrected chi connectivity index (χ2v) is 5.19. The molecule has 1 saturated carbocycles. The standard InChI is InChI=1S/C14H17NO2/c16-14(17)10-5-4-9-7-13(8-11(9)6-10)15-12-2-1-3-12/h4-6,12-13,15H,1-3,7-8H2,(H,16,17). The maximum absolute atomic E-state index is 10.9. The van der Waals surface area contributed by atoms with Crippen LogP contribution in [0, 0.1) is 0 Å². The zero-order valence-corrected chi connectivity index (χ0v) is 9.78. The minimum atomic E-state index is -0.830. The van der Waals surface area contributed by atoms with Crippen molar-refractivity contribution in [2.75, 3.05) is 0 Å². The zero-order valence-electron chi connectivity index (χ0n) is 9.78. The first-order valence-corrected chi connectivity index (χ1v) is 6.33. The lowest BCUT2D eigenvalue weighted by molar-refractivity contribution is 0.0697. The summed E-state index contributed by atoms with van der Waals surface area (Å²) in [7, 11) is 0. The van der Waals surface area contributed by atoms with Gasteiger partial charge in [0.1, 0.15) is 0 Å². The Morgan fingerprint density at radius 1 is 1.18 bits per heavy atom. The van der Waals surface area contributed by atoms with Gasteiger partial charge in [-0.2, -0.15) is 0 Å². The van der Waals surface area contributed by atoms with E-state index in [0.717, 1.165) is 12.8 Å². The van der Waals surface area contributed by atoms with Crippen LogP contribution in [-0.2, 0) is 12.8 Å². The molecule has 0 bridgehead atoms. The molecular formula is C14H17NO2.